The lowest BCUT2D eigenvalue weighted by atomic mass is 9.63. The van der Waals surface area contributed by atoms with Gasteiger partial charge in [0.25, 0.3) is 0 Å². The largest absolute Gasteiger partial charge is 0.488 e. The molecule has 2 aromatic rings. The summed E-state index contributed by atoms with van der Waals surface area (Å²) in [6.45, 7) is 10.2. The number of hydrogen-bond acceptors (Lipinski definition) is 5. The Balaban J connectivity index is 1.60. The van der Waals surface area contributed by atoms with E-state index < -0.39 is 0 Å². The molecule has 5 nitrogen and oxygen atoms in total. The molecule has 40 heavy (non-hydrogen) atoms. The molecular weight excluding hydrogens is 634 g/mol. The molecule has 0 spiro atoms. The van der Waals surface area contributed by atoms with Crippen LogP contribution >= 0.6 is 31.9 Å². The number of rotatable bonds is 7. The molecule has 212 valence electrons. The fourth-order valence-electron chi connectivity index (χ4n) is 6.42. The van der Waals surface area contributed by atoms with Crippen molar-refractivity contribution < 1.29 is 19.1 Å². The molecule has 0 N–H and O–H groups in total. The third kappa shape index (κ3) is 5.75. The Morgan fingerprint density at radius 1 is 0.850 bits per heavy atom. The SMILES string of the molecule is COCCN1C2=C(C(=O)CC(C)(C)C2)C(c2ccc(OCc3ccccc3Br)c(Br)c2)C2=C1CC(C)(C)CC2=O. The van der Waals surface area contributed by atoms with E-state index in [9.17, 15) is 9.59 Å². The van der Waals surface area contributed by atoms with Crippen molar-refractivity contribution in [2.75, 3.05) is 20.3 Å². The Hall–Kier alpha value is -2.22. The van der Waals surface area contributed by atoms with Crippen LogP contribution in [0.3, 0.4) is 0 Å². The molecule has 7 heteroatoms. The van der Waals surface area contributed by atoms with Crippen molar-refractivity contribution >= 4 is 43.4 Å². The number of ketones is 2. The first-order valence-electron chi connectivity index (χ1n) is 13.9. The predicted molar refractivity (Wildman–Crippen MR) is 164 cm³/mol. The van der Waals surface area contributed by atoms with Gasteiger partial charge in [0.15, 0.2) is 11.6 Å². The molecule has 0 saturated heterocycles. The first-order chi connectivity index (χ1) is 18.9. The van der Waals surface area contributed by atoms with Crippen LogP contribution in [0, 0.1) is 10.8 Å². The Labute approximate surface area is 254 Å². The van der Waals surface area contributed by atoms with Gasteiger partial charge in [-0.1, -0.05) is 67.9 Å². The van der Waals surface area contributed by atoms with Gasteiger partial charge in [0, 0.05) is 65.0 Å². The molecule has 0 atom stereocenters. The van der Waals surface area contributed by atoms with E-state index in [4.69, 9.17) is 9.47 Å². The van der Waals surface area contributed by atoms with E-state index in [2.05, 4.69) is 64.5 Å². The molecule has 1 aliphatic heterocycles. The summed E-state index contributed by atoms with van der Waals surface area (Å²) in [7, 11) is 1.70. The smallest absolute Gasteiger partial charge is 0.162 e. The van der Waals surface area contributed by atoms with Crippen LogP contribution < -0.4 is 4.74 Å². The number of halogens is 2. The van der Waals surface area contributed by atoms with Crippen LogP contribution in [0.1, 0.15) is 70.4 Å². The highest BCUT2D eigenvalue weighted by Crippen LogP contribution is 2.54. The van der Waals surface area contributed by atoms with Crippen molar-refractivity contribution in [3.05, 3.63) is 85.1 Å². The van der Waals surface area contributed by atoms with Gasteiger partial charge < -0.3 is 14.4 Å². The third-order valence-electron chi connectivity index (χ3n) is 8.17. The van der Waals surface area contributed by atoms with E-state index in [0.29, 0.717) is 38.3 Å². The van der Waals surface area contributed by atoms with E-state index in [1.165, 1.54) is 0 Å². The lowest BCUT2D eigenvalue weighted by Gasteiger charge is -2.49. The number of hydrogen-bond donors (Lipinski definition) is 0. The highest BCUT2D eigenvalue weighted by Gasteiger charge is 2.48. The zero-order valence-electron chi connectivity index (χ0n) is 23.9. The molecule has 2 aromatic carbocycles. The van der Waals surface area contributed by atoms with Crippen molar-refractivity contribution in [1.82, 2.24) is 4.90 Å². The first-order valence-corrected chi connectivity index (χ1v) is 15.4. The number of Topliss-reactive ketones (excluding diaryl/α,β-unsaturated/α-hetero) is 2. The molecule has 0 amide bonds. The average Bonchev–Trinajstić information content (AvgIpc) is 2.86. The molecule has 2 aliphatic carbocycles. The van der Waals surface area contributed by atoms with Crippen LogP contribution in [-0.4, -0.2) is 36.7 Å². The lowest BCUT2D eigenvalue weighted by molar-refractivity contribution is -0.119. The van der Waals surface area contributed by atoms with E-state index in [1.54, 1.807) is 7.11 Å². The maximum absolute atomic E-state index is 13.9. The van der Waals surface area contributed by atoms with Gasteiger partial charge in [-0.3, -0.25) is 9.59 Å². The van der Waals surface area contributed by atoms with Gasteiger partial charge in [-0.05, 0) is 63.4 Å². The Bertz CT molecular complexity index is 1370. The second-order valence-corrected chi connectivity index (χ2v) is 14.5. The van der Waals surface area contributed by atoms with E-state index >= 15 is 0 Å². The Morgan fingerprint density at radius 3 is 2.00 bits per heavy atom. The number of ether oxygens (including phenoxy) is 2. The fraction of sp³-hybridized carbons (Fsp3) is 0.455. The fourth-order valence-corrected chi connectivity index (χ4v) is 7.33. The predicted octanol–water partition coefficient (Wildman–Crippen LogP) is 8.12. The molecule has 3 aliphatic rings. The minimum Gasteiger partial charge on any atom is -0.488 e. The molecule has 0 bridgehead atoms. The zero-order chi connectivity index (χ0) is 28.8. The van der Waals surface area contributed by atoms with Crippen LogP contribution in [0.5, 0.6) is 5.75 Å². The molecule has 0 radical (unpaired) electrons. The number of nitrogens with zero attached hydrogens (tertiary/aromatic N) is 1. The van der Waals surface area contributed by atoms with Gasteiger partial charge >= 0.3 is 0 Å². The van der Waals surface area contributed by atoms with Crippen LogP contribution in [-0.2, 0) is 20.9 Å². The second kappa shape index (κ2) is 11.2. The summed E-state index contributed by atoms with van der Waals surface area (Å²) in [6.07, 6.45) is 2.51. The van der Waals surface area contributed by atoms with Crippen LogP contribution in [0.4, 0.5) is 0 Å². The number of benzene rings is 2. The maximum atomic E-state index is 13.9. The normalized spacial score (nSPS) is 20.5. The molecule has 0 unspecified atom stereocenters. The quantitative estimate of drug-likeness (QED) is 0.298. The van der Waals surface area contributed by atoms with Crippen molar-refractivity contribution in [2.45, 2.75) is 65.9 Å². The van der Waals surface area contributed by atoms with Crippen LogP contribution in [0.15, 0.2) is 74.0 Å². The number of allylic oxidation sites excluding steroid dienone is 4. The van der Waals surface area contributed by atoms with Gasteiger partial charge in [-0.15, -0.1) is 0 Å². The number of carbonyl (C=O) groups is 2. The van der Waals surface area contributed by atoms with E-state index in [1.807, 2.05) is 42.5 Å². The summed E-state index contributed by atoms with van der Waals surface area (Å²) >= 11 is 7.32. The molecular formula is C33H37Br2NO4. The summed E-state index contributed by atoms with van der Waals surface area (Å²) in [5.41, 5.74) is 5.34. The minimum atomic E-state index is -0.385. The van der Waals surface area contributed by atoms with Crippen molar-refractivity contribution in [3.8, 4) is 5.75 Å². The number of methoxy groups -OCH3 is 1. The van der Waals surface area contributed by atoms with E-state index in [0.717, 1.165) is 55.5 Å². The molecule has 0 saturated carbocycles. The third-order valence-corrected chi connectivity index (χ3v) is 9.56. The van der Waals surface area contributed by atoms with Gasteiger partial charge in [-0.25, -0.2) is 0 Å². The van der Waals surface area contributed by atoms with Crippen LogP contribution in [0.2, 0.25) is 0 Å². The molecule has 1 heterocycles. The topological polar surface area (TPSA) is 55.8 Å². The average molecular weight is 671 g/mol. The standard InChI is InChI=1S/C33H37Br2NO4/c1-32(2)15-24-30(26(37)17-32)29(31-25(36(24)12-13-39-5)16-33(3,4)18-27(31)38)20-10-11-28(23(35)14-20)40-19-21-8-6-7-9-22(21)34/h6-11,14,29H,12-13,15-19H2,1-5H3. The Kier molecular flexibility index (Phi) is 8.21. The highest BCUT2D eigenvalue weighted by atomic mass is 79.9. The monoisotopic (exact) mass is 669 g/mol. The van der Waals surface area contributed by atoms with Crippen LogP contribution in [0.25, 0.3) is 0 Å². The molecule has 0 fully saturated rings. The van der Waals surface area contributed by atoms with Crippen molar-refractivity contribution in [1.29, 1.82) is 0 Å². The minimum absolute atomic E-state index is 0.133. The van der Waals surface area contributed by atoms with E-state index in [-0.39, 0.29) is 28.3 Å². The van der Waals surface area contributed by atoms with Crippen molar-refractivity contribution in [3.63, 3.8) is 0 Å². The summed E-state index contributed by atoms with van der Waals surface area (Å²) in [5.74, 6) is 0.596. The molecule has 0 aromatic heterocycles. The highest BCUT2D eigenvalue weighted by molar-refractivity contribution is 9.10. The summed E-state index contributed by atoms with van der Waals surface area (Å²) < 4.78 is 13.4. The van der Waals surface area contributed by atoms with Crippen molar-refractivity contribution in [2.24, 2.45) is 10.8 Å². The van der Waals surface area contributed by atoms with Gasteiger partial charge in [0.2, 0.25) is 0 Å². The maximum Gasteiger partial charge on any atom is 0.162 e. The summed E-state index contributed by atoms with van der Waals surface area (Å²) in [4.78, 5) is 30.1. The second-order valence-electron chi connectivity index (χ2n) is 12.8. The first kappa shape index (κ1) is 29.3. The number of carbonyl (C=O) groups excluding carboxylic acids is 2. The zero-order valence-corrected chi connectivity index (χ0v) is 27.1. The van der Waals surface area contributed by atoms with Gasteiger partial charge in [0.1, 0.15) is 12.4 Å². The summed E-state index contributed by atoms with van der Waals surface area (Å²) in [6, 6.07) is 14.0. The summed E-state index contributed by atoms with van der Waals surface area (Å²) in [5, 5.41) is 0. The molecule has 5 rings (SSSR count). The Morgan fingerprint density at radius 2 is 1.45 bits per heavy atom. The van der Waals surface area contributed by atoms with Gasteiger partial charge in [0.05, 0.1) is 11.1 Å². The van der Waals surface area contributed by atoms with Gasteiger partial charge in [-0.2, -0.15) is 0 Å². The lowest BCUT2D eigenvalue weighted by Crippen LogP contribution is -2.45.